The first kappa shape index (κ1) is 17.8. The molecule has 0 amide bonds. The molecular weight excluding hydrogens is 380 g/mol. The van der Waals surface area contributed by atoms with Crippen LogP contribution in [-0.2, 0) is 0 Å². The van der Waals surface area contributed by atoms with Crippen LogP contribution in [-0.4, -0.2) is 15.3 Å². The topological polar surface area (TPSA) is 90.9 Å². The third-order valence-electron chi connectivity index (χ3n) is 5.19. The summed E-state index contributed by atoms with van der Waals surface area (Å²) in [4.78, 5) is 13.1. The molecule has 4 aromatic carbocycles. The van der Waals surface area contributed by atoms with Gasteiger partial charge in [0.15, 0.2) is 11.5 Å². The molecule has 30 heavy (non-hydrogen) atoms. The number of aromatic hydroxyl groups is 3. The molecule has 5 aromatic rings. The quantitative estimate of drug-likeness (QED) is 0.275. The molecule has 0 radical (unpaired) electrons. The van der Waals surface area contributed by atoms with Gasteiger partial charge in [-0.15, -0.1) is 0 Å². The fraction of sp³-hybridized carbons (Fsp3) is 0. The van der Waals surface area contributed by atoms with Crippen LogP contribution in [0.15, 0.2) is 88.1 Å². The van der Waals surface area contributed by atoms with Gasteiger partial charge in [0.05, 0.1) is 5.39 Å². The summed E-state index contributed by atoms with van der Waals surface area (Å²) in [7, 11) is 0. The highest BCUT2D eigenvalue weighted by atomic mass is 16.3. The van der Waals surface area contributed by atoms with E-state index in [4.69, 9.17) is 4.42 Å². The zero-order valence-corrected chi connectivity index (χ0v) is 15.7. The summed E-state index contributed by atoms with van der Waals surface area (Å²) in [6.45, 7) is 0. The summed E-state index contributed by atoms with van der Waals surface area (Å²) in [6.07, 6.45) is 0. The molecule has 0 saturated carbocycles. The standard InChI is InChI=1S/C25H16O5/c26-19-10-9-15(11-21(19)28)17-13-23-18(12-16(17)14-5-2-1-3-6-14)25(29)24-20(27)7-4-8-22(24)30-23/h1-13,26-28H. The fourth-order valence-corrected chi connectivity index (χ4v) is 3.71. The van der Waals surface area contributed by atoms with Crippen LogP contribution in [0.2, 0.25) is 0 Å². The van der Waals surface area contributed by atoms with Crippen LogP contribution in [0, 0.1) is 0 Å². The third-order valence-corrected chi connectivity index (χ3v) is 5.19. The molecule has 0 aliphatic rings. The van der Waals surface area contributed by atoms with Gasteiger partial charge in [-0.1, -0.05) is 42.5 Å². The van der Waals surface area contributed by atoms with E-state index in [1.54, 1.807) is 30.3 Å². The molecule has 1 aromatic heterocycles. The number of hydrogen-bond acceptors (Lipinski definition) is 5. The van der Waals surface area contributed by atoms with Crippen molar-refractivity contribution in [2.75, 3.05) is 0 Å². The first-order valence-electron chi connectivity index (χ1n) is 9.33. The maximum Gasteiger partial charge on any atom is 0.204 e. The molecule has 3 N–H and O–H groups in total. The number of fused-ring (bicyclic) bond motifs is 2. The number of hydrogen-bond donors (Lipinski definition) is 3. The van der Waals surface area contributed by atoms with Crippen molar-refractivity contribution in [2.45, 2.75) is 0 Å². The number of benzene rings is 4. The summed E-state index contributed by atoms with van der Waals surface area (Å²) in [5.74, 6) is -0.581. The first-order chi connectivity index (χ1) is 14.5. The monoisotopic (exact) mass is 396 g/mol. The molecule has 0 aliphatic heterocycles. The highest BCUT2D eigenvalue weighted by molar-refractivity contribution is 5.99. The maximum absolute atomic E-state index is 13.1. The van der Waals surface area contributed by atoms with Crippen molar-refractivity contribution in [3.8, 4) is 39.5 Å². The predicted molar refractivity (Wildman–Crippen MR) is 116 cm³/mol. The van der Waals surface area contributed by atoms with Crippen molar-refractivity contribution in [3.05, 3.63) is 89.1 Å². The molecule has 1 heterocycles. The summed E-state index contributed by atoms with van der Waals surface area (Å²) >= 11 is 0. The van der Waals surface area contributed by atoms with E-state index in [1.165, 1.54) is 18.2 Å². The molecule has 0 unspecified atom stereocenters. The lowest BCUT2D eigenvalue weighted by atomic mass is 9.92. The predicted octanol–water partition coefficient (Wildman–Crippen LogP) is 5.40. The van der Waals surface area contributed by atoms with E-state index in [0.29, 0.717) is 22.1 Å². The summed E-state index contributed by atoms with van der Waals surface area (Å²) < 4.78 is 5.94. The lowest BCUT2D eigenvalue weighted by molar-refractivity contribution is 0.404. The SMILES string of the molecule is O=c1c2cc(-c3ccccc3)c(-c3ccc(O)c(O)c3)cc2oc2cccc(O)c12. The highest BCUT2D eigenvalue weighted by Crippen LogP contribution is 2.39. The Bertz CT molecular complexity index is 1480. The van der Waals surface area contributed by atoms with Crippen LogP contribution in [0.4, 0.5) is 0 Å². The molecule has 0 spiro atoms. The second-order valence-corrected chi connectivity index (χ2v) is 7.04. The molecule has 146 valence electrons. The van der Waals surface area contributed by atoms with Gasteiger partial charge in [-0.25, -0.2) is 0 Å². The van der Waals surface area contributed by atoms with Crippen molar-refractivity contribution in [1.29, 1.82) is 0 Å². The zero-order chi connectivity index (χ0) is 20.8. The zero-order valence-electron chi connectivity index (χ0n) is 15.7. The lowest BCUT2D eigenvalue weighted by Crippen LogP contribution is -2.03. The Labute approximate surface area is 170 Å². The van der Waals surface area contributed by atoms with Crippen molar-refractivity contribution in [1.82, 2.24) is 0 Å². The second-order valence-electron chi connectivity index (χ2n) is 7.04. The average Bonchev–Trinajstić information content (AvgIpc) is 2.75. The molecular formula is C25H16O5. The van der Waals surface area contributed by atoms with Crippen LogP contribution in [0.5, 0.6) is 17.2 Å². The van der Waals surface area contributed by atoms with Gasteiger partial charge in [0, 0.05) is 0 Å². The Morgan fingerprint density at radius 2 is 1.37 bits per heavy atom. The Kier molecular flexibility index (Phi) is 3.96. The molecule has 0 saturated heterocycles. The van der Waals surface area contributed by atoms with Crippen LogP contribution < -0.4 is 5.43 Å². The maximum atomic E-state index is 13.1. The van der Waals surface area contributed by atoms with E-state index < -0.39 is 0 Å². The molecule has 5 heteroatoms. The van der Waals surface area contributed by atoms with Gasteiger partial charge < -0.3 is 19.7 Å². The van der Waals surface area contributed by atoms with Crippen LogP contribution in [0.3, 0.4) is 0 Å². The minimum atomic E-state index is -0.318. The Hall–Kier alpha value is -4.25. The second kappa shape index (κ2) is 6.67. The van der Waals surface area contributed by atoms with E-state index in [-0.39, 0.29) is 28.1 Å². The van der Waals surface area contributed by atoms with E-state index in [2.05, 4.69) is 0 Å². The minimum Gasteiger partial charge on any atom is -0.507 e. The van der Waals surface area contributed by atoms with Crippen molar-refractivity contribution in [2.24, 2.45) is 0 Å². The number of phenolic OH excluding ortho intramolecular Hbond substituents is 3. The summed E-state index contributed by atoms with van der Waals surface area (Å²) in [5, 5.41) is 30.4. The van der Waals surface area contributed by atoms with E-state index in [1.807, 2.05) is 30.3 Å². The molecule has 0 aliphatic carbocycles. The van der Waals surface area contributed by atoms with Gasteiger partial charge in [-0.2, -0.15) is 0 Å². The molecule has 5 nitrogen and oxygen atoms in total. The van der Waals surface area contributed by atoms with E-state index in [9.17, 15) is 20.1 Å². The Balaban J connectivity index is 1.91. The Morgan fingerprint density at radius 3 is 2.13 bits per heavy atom. The first-order valence-corrected chi connectivity index (χ1v) is 9.33. The third kappa shape index (κ3) is 2.76. The van der Waals surface area contributed by atoms with Gasteiger partial charge in [0.2, 0.25) is 5.43 Å². The molecule has 5 rings (SSSR count). The molecule has 0 fully saturated rings. The largest absolute Gasteiger partial charge is 0.507 e. The van der Waals surface area contributed by atoms with Crippen LogP contribution in [0.25, 0.3) is 44.2 Å². The summed E-state index contributed by atoms with van der Waals surface area (Å²) in [6, 6.07) is 22.3. The number of phenols is 3. The van der Waals surface area contributed by atoms with E-state index >= 15 is 0 Å². The normalized spacial score (nSPS) is 11.2. The molecule has 0 bridgehead atoms. The average molecular weight is 396 g/mol. The van der Waals surface area contributed by atoms with Gasteiger partial charge >= 0.3 is 0 Å². The molecule has 0 atom stereocenters. The Morgan fingerprint density at radius 1 is 0.600 bits per heavy atom. The van der Waals surface area contributed by atoms with Crippen molar-refractivity contribution in [3.63, 3.8) is 0 Å². The lowest BCUT2D eigenvalue weighted by Gasteiger charge is -2.13. The minimum absolute atomic E-state index is 0.128. The van der Waals surface area contributed by atoms with Gasteiger partial charge in [-0.3, -0.25) is 4.79 Å². The van der Waals surface area contributed by atoms with Crippen molar-refractivity contribution >= 4 is 21.9 Å². The van der Waals surface area contributed by atoms with Crippen LogP contribution >= 0.6 is 0 Å². The number of rotatable bonds is 2. The van der Waals surface area contributed by atoms with Crippen molar-refractivity contribution < 1.29 is 19.7 Å². The summed E-state index contributed by atoms with van der Waals surface area (Å²) in [5.41, 5.74) is 3.35. The smallest absolute Gasteiger partial charge is 0.204 e. The van der Waals surface area contributed by atoms with Gasteiger partial charge in [0.1, 0.15) is 22.3 Å². The highest BCUT2D eigenvalue weighted by Gasteiger charge is 2.17. The van der Waals surface area contributed by atoms with Gasteiger partial charge in [-0.05, 0) is 58.7 Å². The van der Waals surface area contributed by atoms with Crippen LogP contribution in [0.1, 0.15) is 0 Å². The van der Waals surface area contributed by atoms with E-state index in [0.717, 1.165) is 16.7 Å². The van der Waals surface area contributed by atoms with Gasteiger partial charge in [0.25, 0.3) is 0 Å². The fourth-order valence-electron chi connectivity index (χ4n) is 3.71.